The van der Waals surface area contributed by atoms with E-state index in [1.165, 1.54) is 42.0 Å². The van der Waals surface area contributed by atoms with Gasteiger partial charge in [-0.2, -0.15) is 0 Å². The number of hydrogen-bond donors (Lipinski definition) is 0. The molecule has 1 heteroatoms. The van der Waals surface area contributed by atoms with E-state index in [1.807, 2.05) is 0 Å². The summed E-state index contributed by atoms with van der Waals surface area (Å²) in [5.41, 5.74) is 1.21. The van der Waals surface area contributed by atoms with E-state index in [2.05, 4.69) is 42.5 Å². The van der Waals surface area contributed by atoms with Crippen LogP contribution >= 0.6 is 0 Å². The van der Waals surface area contributed by atoms with Crippen LogP contribution in [0.25, 0.3) is 10.8 Å². The lowest BCUT2D eigenvalue weighted by Gasteiger charge is -2.06. The number of Topliss-reactive ketones (excluding diaryl/α,β-unsaturated/α-hetero) is 1. The lowest BCUT2D eigenvalue weighted by Crippen LogP contribution is -2.07. The maximum atomic E-state index is 12.6. The first kappa shape index (κ1) is 12.1. The fourth-order valence-corrected chi connectivity index (χ4v) is 4.22. The molecular formula is C19H20O. The lowest BCUT2D eigenvalue weighted by atomic mass is 9.98. The molecule has 4 rings (SSSR count). The molecule has 0 spiro atoms. The third-order valence-corrected chi connectivity index (χ3v) is 5.27. The van der Waals surface area contributed by atoms with Gasteiger partial charge in [0.1, 0.15) is 5.78 Å². The minimum Gasteiger partial charge on any atom is -0.299 e. The Balaban J connectivity index is 1.57. The highest BCUT2D eigenvalue weighted by Gasteiger charge is 2.53. The van der Waals surface area contributed by atoms with E-state index in [1.54, 1.807) is 0 Å². The van der Waals surface area contributed by atoms with Crippen molar-refractivity contribution in [2.75, 3.05) is 0 Å². The average molecular weight is 264 g/mol. The number of ketones is 1. The summed E-state index contributed by atoms with van der Waals surface area (Å²) in [4.78, 5) is 12.6. The zero-order valence-electron chi connectivity index (χ0n) is 11.7. The van der Waals surface area contributed by atoms with Gasteiger partial charge in [-0.05, 0) is 41.0 Å². The molecule has 0 aromatic heterocycles. The number of carbonyl (C=O) groups excluding carboxylic acids is 1. The molecule has 2 aliphatic carbocycles. The average Bonchev–Trinajstić information content (AvgIpc) is 3.22. The van der Waals surface area contributed by atoms with E-state index in [9.17, 15) is 4.79 Å². The molecule has 0 amide bonds. The highest BCUT2D eigenvalue weighted by atomic mass is 16.1. The van der Waals surface area contributed by atoms with Gasteiger partial charge in [-0.15, -0.1) is 0 Å². The Labute approximate surface area is 120 Å². The summed E-state index contributed by atoms with van der Waals surface area (Å²) >= 11 is 0. The van der Waals surface area contributed by atoms with E-state index in [0.29, 0.717) is 18.1 Å². The number of fused-ring (bicyclic) bond motifs is 2. The molecule has 2 fully saturated rings. The Bertz CT molecular complexity index is 640. The van der Waals surface area contributed by atoms with Crippen LogP contribution in [-0.2, 0) is 11.2 Å². The standard InChI is InChI=1S/C19H20O/c20-18(19-16-10-3-4-11-17(16)19)12-14-8-5-7-13-6-1-2-9-15(13)14/h1-2,5-9,16-17,19H,3-4,10-12H2. The topological polar surface area (TPSA) is 17.1 Å². The minimum absolute atomic E-state index is 0.386. The Morgan fingerprint density at radius 2 is 1.65 bits per heavy atom. The summed E-state index contributed by atoms with van der Waals surface area (Å²) in [5, 5.41) is 2.48. The second-order valence-electron chi connectivity index (χ2n) is 6.42. The Morgan fingerprint density at radius 3 is 2.45 bits per heavy atom. The maximum Gasteiger partial charge on any atom is 0.140 e. The first-order valence-electron chi connectivity index (χ1n) is 7.84. The Hall–Kier alpha value is -1.63. The van der Waals surface area contributed by atoms with Crippen molar-refractivity contribution in [1.82, 2.24) is 0 Å². The van der Waals surface area contributed by atoms with Gasteiger partial charge in [0.05, 0.1) is 0 Å². The van der Waals surface area contributed by atoms with Gasteiger partial charge in [0, 0.05) is 12.3 Å². The Kier molecular flexibility index (Phi) is 2.87. The highest BCUT2D eigenvalue weighted by molar-refractivity contribution is 5.93. The summed E-state index contributed by atoms with van der Waals surface area (Å²) in [5.74, 6) is 2.33. The van der Waals surface area contributed by atoms with Crippen LogP contribution in [0.4, 0.5) is 0 Å². The van der Waals surface area contributed by atoms with Gasteiger partial charge in [0.15, 0.2) is 0 Å². The highest BCUT2D eigenvalue weighted by Crippen LogP contribution is 2.56. The summed E-state index contributed by atoms with van der Waals surface area (Å²) in [6.07, 6.45) is 5.87. The van der Waals surface area contributed by atoms with Gasteiger partial charge in [0.25, 0.3) is 0 Å². The third kappa shape index (κ3) is 1.96. The van der Waals surface area contributed by atoms with Crippen molar-refractivity contribution in [3.63, 3.8) is 0 Å². The van der Waals surface area contributed by atoms with Crippen LogP contribution in [0, 0.1) is 17.8 Å². The van der Waals surface area contributed by atoms with Crippen LogP contribution in [0.3, 0.4) is 0 Å². The smallest absolute Gasteiger partial charge is 0.140 e. The van der Waals surface area contributed by atoms with E-state index >= 15 is 0 Å². The zero-order valence-corrected chi connectivity index (χ0v) is 11.7. The number of benzene rings is 2. The van der Waals surface area contributed by atoms with E-state index < -0.39 is 0 Å². The molecule has 0 saturated heterocycles. The van der Waals surface area contributed by atoms with Crippen LogP contribution in [0.1, 0.15) is 31.2 Å². The third-order valence-electron chi connectivity index (χ3n) is 5.27. The molecule has 102 valence electrons. The predicted molar refractivity (Wildman–Crippen MR) is 81.6 cm³/mol. The van der Waals surface area contributed by atoms with Gasteiger partial charge in [-0.1, -0.05) is 55.3 Å². The second-order valence-corrected chi connectivity index (χ2v) is 6.42. The second kappa shape index (κ2) is 4.73. The van der Waals surface area contributed by atoms with Crippen molar-refractivity contribution < 1.29 is 4.79 Å². The molecule has 0 radical (unpaired) electrons. The van der Waals surface area contributed by atoms with E-state index in [0.717, 1.165) is 11.8 Å². The van der Waals surface area contributed by atoms with Crippen molar-refractivity contribution >= 4 is 16.6 Å². The monoisotopic (exact) mass is 264 g/mol. The van der Waals surface area contributed by atoms with Crippen molar-refractivity contribution in [3.8, 4) is 0 Å². The van der Waals surface area contributed by atoms with E-state index in [-0.39, 0.29) is 0 Å². The molecule has 2 aromatic rings. The van der Waals surface area contributed by atoms with Gasteiger partial charge in [0.2, 0.25) is 0 Å². The van der Waals surface area contributed by atoms with Crippen LogP contribution in [0.15, 0.2) is 42.5 Å². The molecule has 2 unspecified atom stereocenters. The van der Waals surface area contributed by atoms with Gasteiger partial charge in [-0.3, -0.25) is 4.79 Å². The molecular weight excluding hydrogens is 244 g/mol. The van der Waals surface area contributed by atoms with E-state index in [4.69, 9.17) is 0 Å². The Morgan fingerprint density at radius 1 is 0.950 bits per heavy atom. The molecule has 0 heterocycles. The van der Waals surface area contributed by atoms with Crippen molar-refractivity contribution in [2.45, 2.75) is 32.1 Å². The SMILES string of the molecule is O=C(Cc1cccc2ccccc12)C1C2CCCCC21. The number of carbonyl (C=O) groups is 1. The summed E-state index contributed by atoms with van der Waals surface area (Å²) in [6, 6.07) is 14.7. The molecule has 2 saturated carbocycles. The maximum absolute atomic E-state index is 12.6. The molecule has 2 aliphatic rings. The first-order chi connectivity index (χ1) is 9.84. The lowest BCUT2D eigenvalue weighted by molar-refractivity contribution is -0.120. The van der Waals surface area contributed by atoms with Gasteiger partial charge >= 0.3 is 0 Å². The number of rotatable bonds is 3. The van der Waals surface area contributed by atoms with Crippen molar-refractivity contribution in [2.24, 2.45) is 17.8 Å². The van der Waals surface area contributed by atoms with Gasteiger partial charge in [-0.25, -0.2) is 0 Å². The molecule has 0 N–H and O–H groups in total. The largest absolute Gasteiger partial charge is 0.299 e. The quantitative estimate of drug-likeness (QED) is 0.803. The molecule has 2 aromatic carbocycles. The zero-order chi connectivity index (χ0) is 13.5. The summed E-state index contributed by atoms with van der Waals surface area (Å²) < 4.78 is 0. The van der Waals surface area contributed by atoms with Crippen LogP contribution < -0.4 is 0 Å². The van der Waals surface area contributed by atoms with Crippen LogP contribution in [0.5, 0.6) is 0 Å². The van der Waals surface area contributed by atoms with Gasteiger partial charge < -0.3 is 0 Å². The van der Waals surface area contributed by atoms with Crippen LogP contribution in [-0.4, -0.2) is 5.78 Å². The fraction of sp³-hybridized carbons (Fsp3) is 0.421. The molecule has 0 bridgehead atoms. The van der Waals surface area contributed by atoms with Crippen LogP contribution in [0.2, 0.25) is 0 Å². The minimum atomic E-state index is 0.386. The summed E-state index contributed by atoms with van der Waals surface area (Å²) in [7, 11) is 0. The first-order valence-corrected chi connectivity index (χ1v) is 7.84. The molecule has 2 atom stereocenters. The predicted octanol–water partition coefficient (Wildman–Crippen LogP) is 4.39. The fourth-order valence-electron chi connectivity index (χ4n) is 4.22. The normalized spacial score (nSPS) is 28.1. The van der Waals surface area contributed by atoms with Crippen molar-refractivity contribution in [1.29, 1.82) is 0 Å². The molecule has 0 aliphatic heterocycles. The number of hydrogen-bond acceptors (Lipinski definition) is 1. The summed E-state index contributed by atoms with van der Waals surface area (Å²) in [6.45, 7) is 0. The van der Waals surface area contributed by atoms with Crippen molar-refractivity contribution in [3.05, 3.63) is 48.0 Å². The molecule has 1 nitrogen and oxygen atoms in total. The molecule has 20 heavy (non-hydrogen) atoms.